The number of carbonyl (C=O) groups excluding carboxylic acids is 2. The Bertz CT molecular complexity index is 926. The van der Waals surface area contributed by atoms with Gasteiger partial charge in [-0.05, 0) is 61.7 Å². The minimum absolute atomic E-state index is 0.404. The van der Waals surface area contributed by atoms with E-state index in [1.165, 1.54) is 34.3 Å². The average molecular weight is 413 g/mol. The van der Waals surface area contributed by atoms with Crippen LogP contribution in [0.15, 0.2) is 36.4 Å². The van der Waals surface area contributed by atoms with Crippen molar-refractivity contribution in [3.63, 3.8) is 0 Å². The van der Waals surface area contributed by atoms with Crippen molar-refractivity contribution in [1.82, 2.24) is 0 Å². The van der Waals surface area contributed by atoms with Gasteiger partial charge in [0.05, 0.1) is 21.3 Å². The fraction of sp³-hybridized carbons (Fsp3) is 0.304. The zero-order valence-electron chi connectivity index (χ0n) is 18.1. The third-order valence-corrected chi connectivity index (χ3v) is 4.62. The molecule has 1 amide bonds. The molecule has 0 unspecified atom stereocenters. The quantitative estimate of drug-likeness (QED) is 0.522. The van der Waals surface area contributed by atoms with Crippen LogP contribution in [0, 0.1) is 13.8 Å². The molecule has 0 aliphatic heterocycles. The first-order chi connectivity index (χ1) is 14.3. The highest BCUT2D eigenvalue weighted by Crippen LogP contribution is 2.38. The Morgan fingerprint density at radius 1 is 1.00 bits per heavy atom. The van der Waals surface area contributed by atoms with Crippen LogP contribution in [0.3, 0.4) is 0 Å². The molecule has 0 aromatic heterocycles. The molecule has 1 atom stereocenters. The van der Waals surface area contributed by atoms with Gasteiger partial charge in [0.15, 0.2) is 17.6 Å². The van der Waals surface area contributed by atoms with E-state index >= 15 is 0 Å². The monoisotopic (exact) mass is 413 g/mol. The van der Waals surface area contributed by atoms with Gasteiger partial charge in [-0.3, -0.25) is 4.79 Å². The number of esters is 1. The standard InChI is InChI=1S/C23H27NO6/c1-14-8-7-9-18(15(14)2)24-23(26)16(3)30-21(25)11-10-17-12-19(27-4)22(29-6)20(13-17)28-5/h7-13,16H,1-6H3,(H,24,26)/b11-10+/t16-/m0/s1. The molecule has 0 saturated carbocycles. The Morgan fingerprint density at radius 3 is 2.20 bits per heavy atom. The Hall–Kier alpha value is -3.48. The first-order valence-corrected chi connectivity index (χ1v) is 9.36. The van der Waals surface area contributed by atoms with Crippen molar-refractivity contribution in [3.8, 4) is 17.2 Å². The van der Waals surface area contributed by atoms with Crippen molar-refractivity contribution in [2.24, 2.45) is 0 Å². The van der Waals surface area contributed by atoms with Crippen LogP contribution in [-0.4, -0.2) is 39.3 Å². The van der Waals surface area contributed by atoms with Crippen LogP contribution in [0.1, 0.15) is 23.6 Å². The van der Waals surface area contributed by atoms with Crippen LogP contribution in [0.25, 0.3) is 6.08 Å². The van der Waals surface area contributed by atoms with Crippen LogP contribution >= 0.6 is 0 Å². The molecule has 0 fully saturated rings. The zero-order chi connectivity index (χ0) is 22.3. The Balaban J connectivity index is 2.05. The summed E-state index contributed by atoms with van der Waals surface area (Å²) < 4.78 is 21.1. The second-order valence-corrected chi connectivity index (χ2v) is 6.61. The summed E-state index contributed by atoms with van der Waals surface area (Å²) in [5.41, 5.74) is 3.36. The summed E-state index contributed by atoms with van der Waals surface area (Å²) in [7, 11) is 4.53. The van der Waals surface area contributed by atoms with Gasteiger partial charge in [-0.1, -0.05) is 12.1 Å². The largest absolute Gasteiger partial charge is 0.493 e. The lowest BCUT2D eigenvalue weighted by Gasteiger charge is -2.15. The first-order valence-electron chi connectivity index (χ1n) is 9.36. The topological polar surface area (TPSA) is 83.1 Å². The predicted octanol–water partition coefficient (Wildman–Crippen LogP) is 3.91. The smallest absolute Gasteiger partial charge is 0.331 e. The van der Waals surface area contributed by atoms with E-state index < -0.39 is 18.0 Å². The predicted molar refractivity (Wildman–Crippen MR) is 115 cm³/mol. The molecule has 0 heterocycles. The molecular formula is C23H27NO6. The van der Waals surface area contributed by atoms with Gasteiger partial charge in [0.2, 0.25) is 5.75 Å². The molecule has 0 saturated heterocycles. The Kier molecular flexibility index (Phi) is 7.86. The molecule has 7 nitrogen and oxygen atoms in total. The lowest BCUT2D eigenvalue weighted by Crippen LogP contribution is -2.29. The number of anilines is 1. The first kappa shape index (κ1) is 22.8. The maximum Gasteiger partial charge on any atom is 0.331 e. The number of nitrogens with one attached hydrogen (secondary N) is 1. The number of methoxy groups -OCH3 is 3. The van der Waals surface area contributed by atoms with Crippen molar-refractivity contribution in [3.05, 3.63) is 53.1 Å². The Labute approximate surface area is 176 Å². The summed E-state index contributed by atoms with van der Waals surface area (Å²) in [6.45, 7) is 5.40. The second-order valence-electron chi connectivity index (χ2n) is 6.61. The van der Waals surface area contributed by atoms with Crippen molar-refractivity contribution >= 4 is 23.6 Å². The van der Waals surface area contributed by atoms with E-state index in [-0.39, 0.29) is 0 Å². The van der Waals surface area contributed by atoms with E-state index in [0.29, 0.717) is 28.5 Å². The fourth-order valence-electron chi connectivity index (χ4n) is 2.75. The minimum atomic E-state index is -0.956. The van der Waals surface area contributed by atoms with Gasteiger partial charge >= 0.3 is 5.97 Å². The summed E-state index contributed by atoms with van der Waals surface area (Å²) in [6.07, 6.45) is 1.83. The molecule has 2 aromatic carbocycles. The molecule has 2 rings (SSSR count). The van der Waals surface area contributed by atoms with Gasteiger partial charge in [0.1, 0.15) is 0 Å². The van der Waals surface area contributed by atoms with E-state index in [4.69, 9.17) is 18.9 Å². The van der Waals surface area contributed by atoms with Crippen molar-refractivity contribution < 1.29 is 28.5 Å². The molecule has 0 aliphatic carbocycles. The van der Waals surface area contributed by atoms with E-state index in [1.54, 1.807) is 24.3 Å². The summed E-state index contributed by atoms with van der Waals surface area (Å²) in [5.74, 6) is 0.333. The number of carbonyl (C=O) groups is 2. The van der Waals surface area contributed by atoms with Crippen LogP contribution in [-0.2, 0) is 14.3 Å². The van der Waals surface area contributed by atoms with Gasteiger partial charge in [0, 0.05) is 11.8 Å². The Morgan fingerprint density at radius 2 is 1.63 bits per heavy atom. The molecule has 0 radical (unpaired) electrons. The maximum atomic E-state index is 12.4. The molecule has 30 heavy (non-hydrogen) atoms. The minimum Gasteiger partial charge on any atom is -0.493 e. The lowest BCUT2D eigenvalue weighted by atomic mass is 10.1. The highest BCUT2D eigenvalue weighted by molar-refractivity contribution is 5.97. The van der Waals surface area contributed by atoms with E-state index in [1.807, 2.05) is 26.0 Å². The lowest BCUT2D eigenvalue weighted by molar-refractivity contribution is -0.148. The summed E-state index contributed by atoms with van der Waals surface area (Å²) in [4.78, 5) is 24.5. The molecule has 160 valence electrons. The van der Waals surface area contributed by atoms with Crippen molar-refractivity contribution in [2.75, 3.05) is 26.6 Å². The van der Waals surface area contributed by atoms with Gasteiger partial charge in [-0.15, -0.1) is 0 Å². The number of amides is 1. The number of aryl methyl sites for hydroxylation is 1. The molecule has 7 heteroatoms. The van der Waals surface area contributed by atoms with Gasteiger partial charge in [0.25, 0.3) is 5.91 Å². The van der Waals surface area contributed by atoms with Gasteiger partial charge < -0.3 is 24.3 Å². The number of rotatable bonds is 8. The van der Waals surface area contributed by atoms with Crippen LogP contribution < -0.4 is 19.5 Å². The average Bonchev–Trinajstić information content (AvgIpc) is 2.74. The second kappa shape index (κ2) is 10.3. The highest BCUT2D eigenvalue weighted by Gasteiger charge is 2.18. The molecule has 0 bridgehead atoms. The highest BCUT2D eigenvalue weighted by atomic mass is 16.5. The van der Waals surface area contributed by atoms with Crippen LogP contribution in [0.5, 0.6) is 17.2 Å². The number of hydrogen-bond acceptors (Lipinski definition) is 6. The van der Waals surface area contributed by atoms with E-state index in [0.717, 1.165) is 11.1 Å². The number of ether oxygens (including phenoxy) is 4. The summed E-state index contributed by atoms with van der Waals surface area (Å²) >= 11 is 0. The molecule has 2 aromatic rings. The van der Waals surface area contributed by atoms with E-state index in [9.17, 15) is 9.59 Å². The zero-order valence-corrected chi connectivity index (χ0v) is 18.1. The van der Waals surface area contributed by atoms with Crippen molar-refractivity contribution in [1.29, 1.82) is 0 Å². The van der Waals surface area contributed by atoms with Crippen molar-refractivity contribution in [2.45, 2.75) is 26.9 Å². The van der Waals surface area contributed by atoms with Gasteiger partial charge in [-0.2, -0.15) is 0 Å². The third-order valence-electron chi connectivity index (χ3n) is 4.62. The molecular weight excluding hydrogens is 386 g/mol. The molecule has 1 N–H and O–H groups in total. The number of benzene rings is 2. The summed E-state index contributed by atoms with van der Waals surface area (Å²) in [5, 5.41) is 2.79. The SMILES string of the molecule is COc1cc(/C=C/C(=O)O[C@@H](C)C(=O)Nc2cccc(C)c2C)cc(OC)c1OC. The fourth-order valence-corrected chi connectivity index (χ4v) is 2.75. The summed E-state index contributed by atoms with van der Waals surface area (Å²) in [6, 6.07) is 9.01. The molecule has 0 spiro atoms. The van der Waals surface area contributed by atoms with Crippen LogP contribution in [0.4, 0.5) is 5.69 Å². The normalized spacial score (nSPS) is 11.7. The maximum absolute atomic E-state index is 12.4. The van der Waals surface area contributed by atoms with Crippen LogP contribution in [0.2, 0.25) is 0 Å². The van der Waals surface area contributed by atoms with Gasteiger partial charge in [-0.25, -0.2) is 4.79 Å². The molecule has 0 aliphatic rings. The number of hydrogen-bond donors (Lipinski definition) is 1. The third kappa shape index (κ3) is 5.53. The van der Waals surface area contributed by atoms with E-state index in [2.05, 4.69) is 5.32 Å².